The van der Waals surface area contributed by atoms with Gasteiger partial charge < -0.3 is 24.4 Å². The van der Waals surface area contributed by atoms with Gasteiger partial charge in [0.25, 0.3) is 5.91 Å². The van der Waals surface area contributed by atoms with Gasteiger partial charge in [-0.15, -0.1) is 0 Å². The van der Waals surface area contributed by atoms with Crippen LogP contribution >= 0.6 is 15.9 Å². The molecule has 1 unspecified atom stereocenters. The van der Waals surface area contributed by atoms with Crippen LogP contribution in [0.4, 0.5) is 5.69 Å². The first-order valence-corrected chi connectivity index (χ1v) is 9.03. The maximum absolute atomic E-state index is 13.2. The molecule has 1 aromatic rings. The highest BCUT2D eigenvalue weighted by atomic mass is 79.9. The molecular weight excluding hydrogens is 434 g/mol. The highest BCUT2D eigenvalue weighted by Crippen LogP contribution is 2.51. The van der Waals surface area contributed by atoms with E-state index in [9.17, 15) is 14.4 Å². The lowest BCUT2D eigenvalue weighted by molar-refractivity contribution is -0.192. The van der Waals surface area contributed by atoms with Crippen molar-refractivity contribution in [3.8, 4) is 0 Å². The van der Waals surface area contributed by atoms with Gasteiger partial charge in [0.15, 0.2) is 0 Å². The molecule has 0 saturated heterocycles. The molecule has 0 bridgehead atoms. The number of rotatable bonds is 2. The van der Waals surface area contributed by atoms with Crippen molar-refractivity contribution in [2.75, 3.05) is 26.6 Å². The molecule has 1 spiro atoms. The van der Waals surface area contributed by atoms with Crippen molar-refractivity contribution >= 4 is 39.5 Å². The summed E-state index contributed by atoms with van der Waals surface area (Å²) in [6, 6.07) is 5.10. The fourth-order valence-electron chi connectivity index (χ4n) is 3.62. The van der Waals surface area contributed by atoms with Gasteiger partial charge >= 0.3 is 11.9 Å². The molecule has 1 N–H and O–H groups in total. The van der Waals surface area contributed by atoms with E-state index < -0.39 is 29.8 Å². The molecule has 0 saturated carbocycles. The summed E-state index contributed by atoms with van der Waals surface area (Å²) in [6.45, 7) is 0. The average Bonchev–Trinajstić information content (AvgIpc) is 3.18. The standard InChI is InChI=1S/C18H16BrN3O6/c1-21-6-7-22-13(15(24)27-3)12(14(23)26-2)18(28-17(21)22)10-8-9(19)4-5-11(10)20-16(18)25/h4-8,17H,1-3H3,(H,20,25)/t17-,18?/m0/s1. The molecule has 9 nitrogen and oxygen atoms in total. The van der Waals surface area contributed by atoms with Crippen LogP contribution in [0.3, 0.4) is 0 Å². The molecule has 10 heteroatoms. The molecule has 28 heavy (non-hydrogen) atoms. The lowest BCUT2D eigenvalue weighted by atomic mass is 9.84. The van der Waals surface area contributed by atoms with E-state index in [1.54, 1.807) is 42.5 Å². The number of benzene rings is 1. The minimum Gasteiger partial charge on any atom is -0.465 e. The highest BCUT2D eigenvalue weighted by Gasteiger charge is 2.62. The third kappa shape index (κ3) is 2.31. The van der Waals surface area contributed by atoms with E-state index in [0.717, 1.165) is 0 Å². The number of ether oxygens (including phenoxy) is 3. The van der Waals surface area contributed by atoms with Gasteiger partial charge in [-0.1, -0.05) is 15.9 Å². The van der Waals surface area contributed by atoms with E-state index in [4.69, 9.17) is 14.2 Å². The molecule has 0 radical (unpaired) electrons. The van der Waals surface area contributed by atoms with Gasteiger partial charge in [-0.3, -0.25) is 9.69 Å². The number of fused-ring (bicyclic) bond motifs is 3. The Morgan fingerprint density at radius 2 is 1.93 bits per heavy atom. The Balaban J connectivity index is 2.08. The number of nitrogens with zero attached hydrogens (tertiary/aromatic N) is 2. The summed E-state index contributed by atoms with van der Waals surface area (Å²) in [7, 11) is 4.09. The summed E-state index contributed by atoms with van der Waals surface area (Å²) >= 11 is 3.38. The molecule has 0 aromatic heterocycles. The molecule has 3 aliphatic heterocycles. The predicted molar refractivity (Wildman–Crippen MR) is 99.1 cm³/mol. The van der Waals surface area contributed by atoms with Crippen molar-refractivity contribution in [2.45, 2.75) is 12.0 Å². The fourth-order valence-corrected chi connectivity index (χ4v) is 3.98. The SMILES string of the molecule is COC(=O)C1=C(C(=O)OC)C2(O[C@H]3N(C)C=CN13)C(=O)Nc1ccc(Br)cc12. The largest absolute Gasteiger partial charge is 0.465 e. The zero-order valence-corrected chi connectivity index (χ0v) is 16.8. The Hall–Kier alpha value is -2.85. The van der Waals surface area contributed by atoms with Crippen molar-refractivity contribution in [1.29, 1.82) is 0 Å². The number of amides is 1. The first-order valence-electron chi connectivity index (χ1n) is 8.24. The monoisotopic (exact) mass is 449 g/mol. The quantitative estimate of drug-likeness (QED) is 0.673. The second-order valence-corrected chi connectivity index (χ2v) is 7.26. The third-order valence-corrected chi connectivity index (χ3v) is 5.37. The van der Waals surface area contributed by atoms with Gasteiger partial charge in [-0.2, -0.15) is 0 Å². The molecule has 2 atom stereocenters. The average molecular weight is 450 g/mol. The Morgan fingerprint density at radius 3 is 2.61 bits per heavy atom. The van der Waals surface area contributed by atoms with Gasteiger partial charge in [0.05, 0.1) is 14.2 Å². The summed E-state index contributed by atoms with van der Waals surface area (Å²) in [5.74, 6) is -2.25. The fraction of sp³-hybridized carbons (Fsp3) is 0.278. The minimum atomic E-state index is -1.88. The molecular formula is C18H16BrN3O6. The molecule has 0 fully saturated rings. The second kappa shape index (κ2) is 6.35. The van der Waals surface area contributed by atoms with Crippen molar-refractivity contribution in [1.82, 2.24) is 9.80 Å². The number of esters is 2. The van der Waals surface area contributed by atoms with Crippen LogP contribution in [-0.2, 0) is 34.2 Å². The Bertz CT molecular complexity index is 974. The molecule has 3 aliphatic rings. The lowest BCUT2D eigenvalue weighted by Gasteiger charge is -2.43. The van der Waals surface area contributed by atoms with E-state index in [0.29, 0.717) is 15.7 Å². The minimum absolute atomic E-state index is 0.117. The molecule has 3 heterocycles. The van der Waals surface area contributed by atoms with Crippen molar-refractivity contribution in [2.24, 2.45) is 0 Å². The van der Waals surface area contributed by atoms with Crippen LogP contribution in [0.2, 0.25) is 0 Å². The first kappa shape index (κ1) is 18.5. The zero-order valence-electron chi connectivity index (χ0n) is 15.2. The molecule has 146 valence electrons. The maximum atomic E-state index is 13.2. The van der Waals surface area contributed by atoms with E-state index in [2.05, 4.69) is 21.2 Å². The van der Waals surface area contributed by atoms with Gasteiger partial charge in [-0.25, -0.2) is 9.59 Å². The van der Waals surface area contributed by atoms with Gasteiger partial charge in [-0.05, 0) is 18.2 Å². The number of carbonyl (C=O) groups is 3. The Morgan fingerprint density at radius 1 is 1.21 bits per heavy atom. The summed E-state index contributed by atoms with van der Waals surface area (Å²) in [4.78, 5) is 41.8. The zero-order chi connectivity index (χ0) is 20.2. The van der Waals surface area contributed by atoms with Crippen molar-refractivity contribution < 1.29 is 28.6 Å². The van der Waals surface area contributed by atoms with E-state index in [-0.39, 0.29) is 11.3 Å². The molecule has 0 aliphatic carbocycles. The number of methoxy groups -OCH3 is 2. The van der Waals surface area contributed by atoms with Gasteiger partial charge in [0, 0.05) is 35.2 Å². The topological polar surface area (TPSA) is 97.4 Å². The van der Waals surface area contributed by atoms with Gasteiger partial charge in [0.1, 0.15) is 11.3 Å². The maximum Gasteiger partial charge on any atom is 0.355 e. The van der Waals surface area contributed by atoms with Crippen molar-refractivity contribution in [3.63, 3.8) is 0 Å². The van der Waals surface area contributed by atoms with E-state index in [1.807, 2.05) is 0 Å². The smallest absolute Gasteiger partial charge is 0.355 e. The number of hydrogen-bond donors (Lipinski definition) is 1. The Labute approximate surface area is 168 Å². The van der Waals surface area contributed by atoms with Crippen LogP contribution in [0, 0.1) is 0 Å². The summed E-state index contributed by atoms with van der Waals surface area (Å²) in [6.07, 6.45) is 2.40. The molecule has 4 rings (SSSR count). The lowest BCUT2D eigenvalue weighted by Crippen LogP contribution is -2.56. The van der Waals surface area contributed by atoms with E-state index >= 15 is 0 Å². The summed E-state index contributed by atoms with van der Waals surface area (Å²) in [5.41, 5.74) is -1.37. The number of nitrogens with one attached hydrogen (secondary N) is 1. The summed E-state index contributed by atoms with van der Waals surface area (Å²) in [5, 5.41) is 2.73. The van der Waals surface area contributed by atoms with Crippen LogP contribution in [0.5, 0.6) is 0 Å². The Kier molecular flexibility index (Phi) is 4.20. The van der Waals surface area contributed by atoms with E-state index in [1.165, 1.54) is 19.1 Å². The normalized spacial score (nSPS) is 25.0. The highest BCUT2D eigenvalue weighted by molar-refractivity contribution is 9.10. The van der Waals surface area contributed by atoms with Gasteiger partial charge in [0.2, 0.25) is 12.0 Å². The summed E-state index contributed by atoms with van der Waals surface area (Å²) < 4.78 is 16.7. The number of hydrogen-bond acceptors (Lipinski definition) is 8. The number of carbonyl (C=O) groups excluding carboxylic acids is 3. The van der Waals surface area contributed by atoms with Crippen LogP contribution in [0.15, 0.2) is 46.3 Å². The number of anilines is 1. The number of halogens is 1. The second-order valence-electron chi connectivity index (χ2n) is 6.35. The van der Waals surface area contributed by atoms with Crippen LogP contribution in [0.1, 0.15) is 5.56 Å². The molecule has 1 amide bonds. The van der Waals surface area contributed by atoms with Crippen LogP contribution < -0.4 is 5.32 Å². The van der Waals surface area contributed by atoms with Crippen LogP contribution in [0.25, 0.3) is 0 Å². The van der Waals surface area contributed by atoms with Crippen molar-refractivity contribution in [3.05, 3.63) is 51.9 Å². The third-order valence-electron chi connectivity index (χ3n) is 4.88. The predicted octanol–water partition coefficient (Wildman–Crippen LogP) is 1.23. The first-order chi connectivity index (χ1) is 13.3. The van der Waals surface area contributed by atoms with Crippen LogP contribution in [-0.4, -0.2) is 55.3 Å². The molecule has 1 aromatic carbocycles.